The van der Waals surface area contributed by atoms with E-state index in [2.05, 4.69) is 18.0 Å². The van der Waals surface area contributed by atoms with Gasteiger partial charge in [-0.15, -0.1) is 11.6 Å². The van der Waals surface area contributed by atoms with Crippen LogP contribution in [0.4, 0.5) is 0 Å². The summed E-state index contributed by atoms with van der Waals surface area (Å²) in [6.45, 7) is 4.03. The zero-order chi connectivity index (χ0) is 11.7. The van der Waals surface area contributed by atoms with Gasteiger partial charge < -0.3 is 4.98 Å². The molecule has 0 aliphatic heterocycles. The summed E-state index contributed by atoms with van der Waals surface area (Å²) in [4.78, 5) is 3.34. The highest BCUT2D eigenvalue weighted by Gasteiger charge is 2.09. The lowest BCUT2D eigenvalue weighted by Gasteiger charge is -2.01. The molecule has 0 aliphatic carbocycles. The molecule has 2 rings (SSSR count). The van der Waals surface area contributed by atoms with Crippen molar-refractivity contribution < 1.29 is 0 Å². The average Bonchev–Trinajstić information content (AvgIpc) is 2.62. The Kier molecular flexibility index (Phi) is 3.27. The Balaban J connectivity index is 2.44. The van der Waals surface area contributed by atoms with Gasteiger partial charge in [0.2, 0.25) is 0 Å². The molecular weight excluding hydrogens is 241 g/mol. The topological polar surface area (TPSA) is 15.8 Å². The molecule has 0 saturated carbocycles. The molecule has 2 aromatic rings. The minimum Gasteiger partial charge on any atom is -0.357 e. The molecule has 1 aromatic carbocycles. The smallest absolute Gasteiger partial charge is 0.0707 e. The van der Waals surface area contributed by atoms with E-state index < -0.39 is 0 Å². The van der Waals surface area contributed by atoms with E-state index in [1.54, 1.807) is 0 Å². The van der Waals surface area contributed by atoms with Gasteiger partial charge in [0.1, 0.15) is 0 Å². The molecule has 0 saturated heterocycles. The second-order valence-electron chi connectivity index (χ2n) is 3.91. The molecule has 1 aromatic heterocycles. The van der Waals surface area contributed by atoms with Crippen molar-refractivity contribution in [3.05, 3.63) is 46.6 Å². The molecule has 1 atom stereocenters. The third-order valence-corrected chi connectivity index (χ3v) is 3.08. The molecule has 0 radical (unpaired) electrons. The van der Waals surface area contributed by atoms with Crippen LogP contribution in [0.15, 0.2) is 30.3 Å². The van der Waals surface area contributed by atoms with E-state index in [1.165, 1.54) is 5.56 Å². The Morgan fingerprint density at radius 3 is 2.31 bits per heavy atom. The van der Waals surface area contributed by atoms with Crippen LogP contribution in [0.3, 0.4) is 0 Å². The van der Waals surface area contributed by atoms with Crippen LogP contribution >= 0.6 is 23.2 Å². The molecule has 1 heterocycles. The predicted octanol–water partition coefficient (Wildman–Crippen LogP) is 4.94. The van der Waals surface area contributed by atoms with E-state index >= 15 is 0 Å². The van der Waals surface area contributed by atoms with Gasteiger partial charge in [-0.1, -0.05) is 23.7 Å². The zero-order valence-corrected chi connectivity index (χ0v) is 10.7. The molecule has 16 heavy (non-hydrogen) atoms. The van der Waals surface area contributed by atoms with E-state index in [-0.39, 0.29) is 5.38 Å². The number of aryl methyl sites for hydroxylation is 1. The lowest BCUT2D eigenvalue weighted by Crippen LogP contribution is -1.84. The fourth-order valence-corrected chi connectivity index (χ4v) is 1.96. The van der Waals surface area contributed by atoms with Gasteiger partial charge in [0, 0.05) is 16.4 Å². The van der Waals surface area contributed by atoms with E-state index in [0.717, 1.165) is 22.0 Å². The first-order valence-electron chi connectivity index (χ1n) is 5.17. The van der Waals surface area contributed by atoms with Crippen LogP contribution in [0.5, 0.6) is 0 Å². The van der Waals surface area contributed by atoms with Crippen molar-refractivity contribution in [1.29, 1.82) is 0 Å². The van der Waals surface area contributed by atoms with E-state index in [9.17, 15) is 0 Å². The first kappa shape index (κ1) is 11.6. The highest BCUT2D eigenvalue weighted by molar-refractivity contribution is 6.30. The summed E-state index contributed by atoms with van der Waals surface area (Å²) in [6.07, 6.45) is 0. The summed E-state index contributed by atoms with van der Waals surface area (Å²) in [5.41, 5.74) is 4.48. The van der Waals surface area contributed by atoms with Crippen molar-refractivity contribution in [1.82, 2.24) is 4.98 Å². The minimum atomic E-state index is -0.000231. The van der Waals surface area contributed by atoms with Gasteiger partial charge in [0.15, 0.2) is 0 Å². The van der Waals surface area contributed by atoms with Gasteiger partial charge in [-0.05, 0) is 43.2 Å². The van der Waals surface area contributed by atoms with Crippen LogP contribution in [-0.4, -0.2) is 4.98 Å². The maximum absolute atomic E-state index is 6.05. The van der Waals surface area contributed by atoms with Crippen molar-refractivity contribution in [2.24, 2.45) is 0 Å². The molecule has 1 N–H and O–H groups in total. The summed E-state index contributed by atoms with van der Waals surface area (Å²) in [7, 11) is 0. The Bertz CT molecular complexity index is 483. The number of benzene rings is 1. The monoisotopic (exact) mass is 253 g/mol. The lowest BCUT2D eigenvalue weighted by molar-refractivity contribution is 1.02. The standard InChI is InChI=1S/C13H13Cl2N/c1-8-7-12(9(2)14)16-13(8)10-3-5-11(15)6-4-10/h3-7,9,16H,1-2H3. The van der Waals surface area contributed by atoms with Crippen molar-refractivity contribution in [3.63, 3.8) is 0 Å². The van der Waals surface area contributed by atoms with E-state index in [0.29, 0.717) is 0 Å². The van der Waals surface area contributed by atoms with Crippen LogP contribution in [0.1, 0.15) is 23.6 Å². The summed E-state index contributed by atoms with van der Waals surface area (Å²) in [5.74, 6) is 0. The number of rotatable bonds is 2. The Labute approximate surface area is 105 Å². The number of H-pyrrole nitrogens is 1. The number of nitrogens with one attached hydrogen (secondary N) is 1. The maximum Gasteiger partial charge on any atom is 0.0707 e. The maximum atomic E-state index is 6.05. The van der Waals surface area contributed by atoms with Gasteiger partial charge in [-0.25, -0.2) is 0 Å². The molecule has 0 bridgehead atoms. The summed E-state index contributed by atoms with van der Waals surface area (Å²) in [5, 5.41) is 0.749. The second kappa shape index (κ2) is 4.52. The summed E-state index contributed by atoms with van der Waals surface area (Å²) in [6, 6.07) is 9.87. The molecule has 1 nitrogen and oxygen atoms in total. The van der Waals surface area contributed by atoms with Crippen LogP contribution in [-0.2, 0) is 0 Å². The highest BCUT2D eigenvalue weighted by atomic mass is 35.5. The van der Waals surface area contributed by atoms with Crippen molar-refractivity contribution >= 4 is 23.2 Å². The van der Waals surface area contributed by atoms with E-state index in [1.807, 2.05) is 31.2 Å². The normalized spacial score (nSPS) is 12.8. The number of aromatic nitrogens is 1. The third-order valence-electron chi connectivity index (χ3n) is 2.60. The number of hydrogen-bond donors (Lipinski definition) is 1. The van der Waals surface area contributed by atoms with Gasteiger partial charge in [0.05, 0.1) is 5.38 Å². The van der Waals surface area contributed by atoms with Crippen molar-refractivity contribution in [2.75, 3.05) is 0 Å². The lowest BCUT2D eigenvalue weighted by atomic mass is 10.1. The Hall–Kier alpha value is -0.920. The number of halogens is 2. The zero-order valence-electron chi connectivity index (χ0n) is 9.22. The number of aromatic amines is 1. The Morgan fingerprint density at radius 1 is 1.19 bits per heavy atom. The van der Waals surface area contributed by atoms with Gasteiger partial charge in [-0.3, -0.25) is 0 Å². The quantitative estimate of drug-likeness (QED) is 0.730. The predicted molar refractivity (Wildman–Crippen MR) is 70.2 cm³/mol. The van der Waals surface area contributed by atoms with Crippen LogP contribution in [0.2, 0.25) is 5.02 Å². The van der Waals surface area contributed by atoms with Crippen LogP contribution in [0, 0.1) is 6.92 Å². The largest absolute Gasteiger partial charge is 0.357 e. The van der Waals surface area contributed by atoms with Crippen LogP contribution in [0.25, 0.3) is 11.3 Å². The molecule has 0 spiro atoms. The molecule has 0 fully saturated rings. The molecule has 3 heteroatoms. The SMILES string of the molecule is Cc1cc(C(C)Cl)[nH]c1-c1ccc(Cl)cc1. The first-order valence-corrected chi connectivity index (χ1v) is 5.99. The molecule has 0 aliphatic rings. The molecule has 84 valence electrons. The van der Waals surface area contributed by atoms with Gasteiger partial charge >= 0.3 is 0 Å². The fourth-order valence-electron chi connectivity index (χ4n) is 1.72. The molecule has 0 amide bonds. The highest BCUT2D eigenvalue weighted by Crippen LogP contribution is 2.28. The first-order chi connectivity index (χ1) is 7.58. The Morgan fingerprint density at radius 2 is 1.81 bits per heavy atom. The number of alkyl halides is 1. The van der Waals surface area contributed by atoms with Crippen LogP contribution < -0.4 is 0 Å². The minimum absolute atomic E-state index is 0.000231. The van der Waals surface area contributed by atoms with Gasteiger partial charge in [-0.2, -0.15) is 0 Å². The van der Waals surface area contributed by atoms with Crippen molar-refractivity contribution in [3.8, 4) is 11.3 Å². The third kappa shape index (κ3) is 2.26. The van der Waals surface area contributed by atoms with Gasteiger partial charge in [0.25, 0.3) is 0 Å². The fraction of sp³-hybridized carbons (Fsp3) is 0.231. The average molecular weight is 254 g/mol. The van der Waals surface area contributed by atoms with E-state index in [4.69, 9.17) is 23.2 Å². The molecule has 1 unspecified atom stereocenters. The summed E-state index contributed by atoms with van der Waals surface area (Å²) < 4.78 is 0. The summed E-state index contributed by atoms with van der Waals surface area (Å²) >= 11 is 11.9. The second-order valence-corrected chi connectivity index (χ2v) is 5.00. The number of hydrogen-bond acceptors (Lipinski definition) is 0. The molecular formula is C13H13Cl2N. The van der Waals surface area contributed by atoms with Crippen molar-refractivity contribution in [2.45, 2.75) is 19.2 Å².